The summed E-state index contributed by atoms with van der Waals surface area (Å²) in [6.07, 6.45) is 2.30. The number of pyridine rings is 1. The molecule has 31 heavy (non-hydrogen) atoms. The highest BCUT2D eigenvalue weighted by Crippen LogP contribution is 2.32. The Hall–Kier alpha value is -2.92. The van der Waals surface area contributed by atoms with Crippen LogP contribution in [0.4, 0.5) is 27.4 Å². The van der Waals surface area contributed by atoms with Crippen LogP contribution in [0.3, 0.4) is 0 Å². The predicted octanol–water partition coefficient (Wildman–Crippen LogP) is 0.786. The molecular formula is C20H27FN8O2. The van der Waals surface area contributed by atoms with Crippen molar-refractivity contribution in [3.05, 3.63) is 24.0 Å². The van der Waals surface area contributed by atoms with Crippen molar-refractivity contribution in [2.24, 2.45) is 0 Å². The molecule has 0 aromatic carbocycles. The third-order valence-electron chi connectivity index (χ3n) is 6.22. The van der Waals surface area contributed by atoms with Crippen LogP contribution in [-0.4, -0.2) is 83.2 Å². The number of ether oxygens (including phenoxy) is 1. The van der Waals surface area contributed by atoms with Gasteiger partial charge in [0.1, 0.15) is 17.6 Å². The van der Waals surface area contributed by atoms with E-state index in [2.05, 4.69) is 37.4 Å². The Morgan fingerprint density at radius 2 is 2.19 bits per heavy atom. The minimum absolute atomic E-state index is 0.0734. The number of aromatic nitrogens is 3. The molecule has 2 fully saturated rings. The molecule has 0 bridgehead atoms. The summed E-state index contributed by atoms with van der Waals surface area (Å²) in [4.78, 5) is 22.1. The van der Waals surface area contributed by atoms with Crippen molar-refractivity contribution in [2.45, 2.75) is 31.7 Å². The molecule has 10 nitrogen and oxygen atoms in total. The van der Waals surface area contributed by atoms with Crippen LogP contribution in [0.25, 0.3) is 0 Å². The van der Waals surface area contributed by atoms with Crippen LogP contribution in [0.1, 0.15) is 17.3 Å². The molecule has 5 heterocycles. The SMILES string of the molecule is C[C@H]1CN(C2COC2)CCN1c1ccncc1NC(=O)c1c(N)nn2c1NCC(F)C2. The molecule has 11 heteroatoms. The van der Waals surface area contributed by atoms with Crippen molar-refractivity contribution in [1.82, 2.24) is 19.7 Å². The largest absolute Gasteiger partial charge is 0.381 e. The van der Waals surface area contributed by atoms with E-state index in [1.807, 2.05) is 6.07 Å². The van der Waals surface area contributed by atoms with Gasteiger partial charge in [0.05, 0.1) is 43.4 Å². The molecule has 2 aromatic heterocycles. The maximum absolute atomic E-state index is 13.7. The number of anilines is 4. The number of carbonyl (C=O) groups excluding carboxylic acids is 1. The zero-order chi connectivity index (χ0) is 21.5. The highest BCUT2D eigenvalue weighted by molar-refractivity contribution is 6.11. The number of piperazine rings is 1. The maximum atomic E-state index is 13.7. The Kier molecular flexibility index (Phi) is 5.14. The molecule has 5 rings (SSSR count). The number of amides is 1. The molecule has 4 N–H and O–H groups in total. The number of fused-ring (bicyclic) bond motifs is 1. The number of hydrogen-bond acceptors (Lipinski definition) is 8. The second-order valence-electron chi connectivity index (χ2n) is 8.34. The van der Waals surface area contributed by atoms with E-state index in [9.17, 15) is 9.18 Å². The number of alkyl halides is 1. The van der Waals surface area contributed by atoms with Crippen LogP contribution in [0, 0.1) is 0 Å². The van der Waals surface area contributed by atoms with E-state index >= 15 is 0 Å². The van der Waals surface area contributed by atoms with Gasteiger partial charge in [0.15, 0.2) is 5.82 Å². The first kappa shape index (κ1) is 20.0. The van der Waals surface area contributed by atoms with Gasteiger partial charge in [-0.15, -0.1) is 0 Å². The zero-order valence-electron chi connectivity index (χ0n) is 17.4. The topological polar surface area (TPSA) is 114 Å². The van der Waals surface area contributed by atoms with E-state index in [0.29, 0.717) is 17.5 Å². The third kappa shape index (κ3) is 3.68. The first-order valence-electron chi connectivity index (χ1n) is 10.6. The van der Waals surface area contributed by atoms with Gasteiger partial charge in [-0.2, -0.15) is 5.10 Å². The number of nitrogens with one attached hydrogen (secondary N) is 2. The van der Waals surface area contributed by atoms with E-state index in [1.54, 1.807) is 12.4 Å². The maximum Gasteiger partial charge on any atom is 0.263 e. The van der Waals surface area contributed by atoms with E-state index in [0.717, 1.165) is 38.5 Å². The normalized spacial score (nSPS) is 24.3. The summed E-state index contributed by atoms with van der Waals surface area (Å²) in [5, 5.41) is 9.98. The fourth-order valence-corrected chi connectivity index (χ4v) is 4.50. The summed E-state index contributed by atoms with van der Waals surface area (Å²) in [7, 11) is 0. The molecule has 0 radical (unpaired) electrons. The summed E-state index contributed by atoms with van der Waals surface area (Å²) in [5.74, 6) is 0.124. The monoisotopic (exact) mass is 430 g/mol. The van der Waals surface area contributed by atoms with Gasteiger partial charge in [-0.1, -0.05) is 0 Å². The molecule has 1 unspecified atom stereocenters. The lowest BCUT2D eigenvalue weighted by Crippen LogP contribution is -2.59. The highest BCUT2D eigenvalue weighted by atomic mass is 19.1. The molecule has 2 saturated heterocycles. The van der Waals surface area contributed by atoms with Crippen LogP contribution in [0.15, 0.2) is 18.5 Å². The number of hydrogen-bond donors (Lipinski definition) is 3. The van der Waals surface area contributed by atoms with E-state index in [4.69, 9.17) is 10.5 Å². The Balaban J connectivity index is 1.35. The van der Waals surface area contributed by atoms with Gasteiger partial charge in [-0.3, -0.25) is 14.7 Å². The first-order valence-corrected chi connectivity index (χ1v) is 10.6. The van der Waals surface area contributed by atoms with E-state index in [1.165, 1.54) is 4.68 Å². The Bertz CT molecular complexity index is 978. The predicted molar refractivity (Wildman–Crippen MR) is 115 cm³/mol. The second-order valence-corrected chi connectivity index (χ2v) is 8.34. The molecule has 166 valence electrons. The van der Waals surface area contributed by atoms with Crippen molar-refractivity contribution < 1.29 is 13.9 Å². The molecular weight excluding hydrogens is 403 g/mol. The van der Waals surface area contributed by atoms with Crippen molar-refractivity contribution in [3.8, 4) is 0 Å². The van der Waals surface area contributed by atoms with Gasteiger partial charge >= 0.3 is 0 Å². The fourth-order valence-electron chi connectivity index (χ4n) is 4.50. The first-order chi connectivity index (χ1) is 15.0. The van der Waals surface area contributed by atoms with Crippen LogP contribution >= 0.6 is 0 Å². The quantitative estimate of drug-likeness (QED) is 0.652. The number of rotatable bonds is 4. The standard InChI is InChI=1S/C20H27FN8O2/c1-12-8-27(14-10-31-11-14)4-5-28(12)16-2-3-23-7-15(16)25-20(30)17-18(22)26-29-9-13(21)6-24-19(17)29/h2-3,7,12-14,24H,4-6,8-11H2,1H3,(H2,22,26)(H,25,30)/t12-,13?/m0/s1. The van der Waals surface area contributed by atoms with Crippen LogP contribution in [0.2, 0.25) is 0 Å². The molecule has 0 saturated carbocycles. The Labute approximate surface area is 179 Å². The van der Waals surface area contributed by atoms with Crippen molar-refractivity contribution in [3.63, 3.8) is 0 Å². The number of nitrogens with zero attached hydrogens (tertiary/aromatic N) is 5. The number of nitrogens with two attached hydrogens (primary N) is 1. The Morgan fingerprint density at radius 1 is 1.35 bits per heavy atom. The van der Waals surface area contributed by atoms with Crippen LogP contribution in [0.5, 0.6) is 0 Å². The van der Waals surface area contributed by atoms with E-state index in [-0.39, 0.29) is 30.5 Å². The molecule has 0 aliphatic carbocycles. The third-order valence-corrected chi connectivity index (χ3v) is 6.22. The molecule has 0 spiro atoms. The summed E-state index contributed by atoms with van der Waals surface area (Å²) in [6.45, 7) is 6.70. The van der Waals surface area contributed by atoms with Crippen molar-refractivity contribution in [1.29, 1.82) is 0 Å². The number of carbonyl (C=O) groups is 1. The van der Waals surface area contributed by atoms with Crippen LogP contribution < -0.4 is 21.3 Å². The van der Waals surface area contributed by atoms with Gasteiger partial charge in [-0.25, -0.2) is 9.07 Å². The second kappa shape index (κ2) is 7.97. The Morgan fingerprint density at radius 3 is 2.94 bits per heavy atom. The minimum atomic E-state index is -1.07. The average Bonchev–Trinajstić information content (AvgIpc) is 3.02. The fraction of sp³-hybridized carbons (Fsp3) is 0.550. The lowest BCUT2D eigenvalue weighted by molar-refractivity contribution is -0.0691. The van der Waals surface area contributed by atoms with Gasteiger partial charge in [0.25, 0.3) is 5.91 Å². The zero-order valence-corrected chi connectivity index (χ0v) is 17.4. The summed E-state index contributed by atoms with van der Waals surface area (Å²) in [5.41, 5.74) is 7.74. The van der Waals surface area contributed by atoms with E-state index < -0.39 is 12.1 Å². The summed E-state index contributed by atoms with van der Waals surface area (Å²) >= 11 is 0. The summed E-state index contributed by atoms with van der Waals surface area (Å²) < 4.78 is 20.4. The summed E-state index contributed by atoms with van der Waals surface area (Å²) in [6, 6.07) is 2.69. The minimum Gasteiger partial charge on any atom is -0.381 e. The lowest BCUT2D eigenvalue weighted by Gasteiger charge is -2.46. The molecule has 3 aliphatic heterocycles. The van der Waals surface area contributed by atoms with Gasteiger partial charge in [-0.05, 0) is 13.0 Å². The smallest absolute Gasteiger partial charge is 0.263 e. The number of nitrogen functional groups attached to an aromatic ring is 1. The molecule has 1 amide bonds. The highest BCUT2D eigenvalue weighted by Gasteiger charge is 2.33. The lowest BCUT2D eigenvalue weighted by atomic mass is 10.1. The van der Waals surface area contributed by atoms with Crippen molar-refractivity contribution >= 4 is 28.9 Å². The molecule has 3 aliphatic rings. The molecule has 2 aromatic rings. The number of halogens is 1. The molecule has 2 atom stereocenters. The van der Waals surface area contributed by atoms with Gasteiger partial charge < -0.3 is 26.0 Å². The van der Waals surface area contributed by atoms with Crippen molar-refractivity contribution in [2.75, 3.05) is 60.7 Å². The van der Waals surface area contributed by atoms with Gasteiger partial charge in [0, 0.05) is 38.4 Å². The van der Waals surface area contributed by atoms with Gasteiger partial charge in [0.2, 0.25) is 0 Å². The average molecular weight is 430 g/mol. The van der Waals surface area contributed by atoms with Crippen LogP contribution in [-0.2, 0) is 11.3 Å².